The van der Waals surface area contributed by atoms with Crippen LogP contribution in [0.3, 0.4) is 0 Å². The molecule has 1 aromatic heterocycles. The van der Waals surface area contributed by atoms with Gasteiger partial charge in [-0.2, -0.15) is 0 Å². The molecule has 0 aliphatic heterocycles. The van der Waals surface area contributed by atoms with E-state index in [1.807, 2.05) is 0 Å². The summed E-state index contributed by atoms with van der Waals surface area (Å²) in [5.74, 6) is 0.939. The molecule has 2 nitrogen and oxygen atoms in total. The third-order valence-electron chi connectivity index (χ3n) is 10.5. The first kappa shape index (κ1) is 29.4. The summed E-state index contributed by atoms with van der Waals surface area (Å²) in [7, 11) is 0. The molecule has 0 spiro atoms. The van der Waals surface area contributed by atoms with Crippen molar-refractivity contribution in [2.24, 2.45) is 0 Å². The SMILES string of the molecule is C1=Cc2c(c(-c3ccc4ccccc4c3)c3ccccc3c2-c2ccc(-n3c(-c4ccc(-c5ccccc5)cc4)nc4ccccc43)cc2)CC1. The van der Waals surface area contributed by atoms with Gasteiger partial charge in [0, 0.05) is 11.3 Å². The van der Waals surface area contributed by atoms with E-state index in [1.165, 1.54) is 66.1 Å². The van der Waals surface area contributed by atoms with Crippen molar-refractivity contribution in [3.63, 3.8) is 0 Å². The minimum Gasteiger partial charge on any atom is -0.292 e. The molecular formula is C49H34N2. The summed E-state index contributed by atoms with van der Waals surface area (Å²) in [6.45, 7) is 0. The number of fused-ring (bicyclic) bond motifs is 4. The van der Waals surface area contributed by atoms with Gasteiger partial charge in [-0.25, -0.2) is 4.98 Å². The molecule has 240 valence electrons. The Morgan fingerprint density at radius 2 is 1.10 bits per heavy atom. The molecule has 10 rings (SSSR count). The molecule has 1 aliphatic rings. The average Bonchev–Trinajstić information content (AvgIpc) is 3.60. The Morgan fingerprint density at radius 3 is 1.92 bits per heavy atom. The average molecular weight is 651 g/mol. The van der Waals surface area contributed by atoms with Crippen molar-refractivity contribution in [2.75, 3.05) is 0 Å². The first-order chi connectivity index (χ1) is 25.3. The predicted molar refractivity (Wildman–Crippen MR) is 215 cm³/mol. The van der Waals surface area contributed by atoms with E-state index in [0.29, 0.717) is 0 Å². The van der Waals surface area contributed by atoms with Gasteiger partial charge in [-0.1, -0.05) is 152 Å². The van der Waals surface area contributed by atoms with Crippen LogP contribution in [0.2, 0.25) is 0 Å². The normalized spacial score (nSPS) is 12.5. The van der Waals surface area contributed by atoms with E-state index in [4.69, 9.17) is 4.98 Å². The van der Waals surface area contributed by atoms with Gasteiger partial charge in [0.25, 0.3) is 0 Å². The Balaban J connectivity index is 1.11. The molecule has 0 saturated heterocycles. The van der Waals surface area contributed by atoms with E-state index in [9.17, 15) is 0 Å². The molecule has 0 atom stereocenters. The molecule has 0 saturated carbocycles. The number of nitrogens with zero attached hydrogens (tertiary/aromatic N) is 2. The summed E-state index contributed by atoms with van der Waals surface area (Å²) in [6, 6.07) is 61.4. The largest absolute Gasteiger partial charge is 0.292 e. The highest BCUT2D eigenvalue weighted by Crippen LogP contribution is 2.45. The molecule has 2 heteroatoms. The van der Waals surface area contributed by atoms with E-state index in [-0.39, 0.29) is 0 Å². The van der Waals surface area contributed by atoms with Crippen LogP contribution in [-0.2, 0) is 6.42 Å². The van der Waals surface area contributed by atoms with Crippen molar-refractivity contribution in [1.82, 2.24) is 9.55 Å². The Bertz CT molecular complexity index is 2770. The quantitative estimate of drug-likeness (QED) is 0.181. The molecule has 0 bridgehead atoms. The second-order valence-corrected chi connectivity index (χ2v) is 13.4. The maximum absolute atomic E-state index is 5.15. The van der Waals surface area contributed by atoms with Gasteiger partial charge in [0.15, 0.2) is 0 Å². The molecule has 0 N–H and O–H groups in total. The Kier molecular flexibility index (Phi) is 6.99. The van der Waals surface area contributed by atoms with Crippen molar-refractivity contribution in [3.8, 4) is 50.5 Å². The van der Waals surface area contributed by atoms with Crippen LogP contribution in [0.5, 0.6) is 0 Å². The highest BCUT2D eigenvalue weighted by Gasteiger charge is 2.22. The second kappa shape index (κ2) is 12.1. The number of hydrogen-bond acceptors (Lipinski definition) is 1. The van der Waals surface area contributed by atoms with Gasteiger partial charge in [0.05, 0.1) is 11.0 Å². The molecule has 8 aromatic carbocycles. The zero-order valence-corrected chi connectivity index (χ0v) is 28.1. The Labute approximate surface area is 297 Å². The zero-order valence-electron chi connectivity index (χ0n) is 28.1. The van der Waals surface area contributed by atoms with Crippen molar-refractivity contribution in [1.29, 1.82) is 0 Å². The lowest BCUT2D eigenvalue weighted by Gasteiger charge is -2.24. The lowest BCUT2D eigenvalue weighted by atomic mass is 9.80. The summed E-state index contributed by atoms with van der Waals surface area (Å²) >= 11 is 0. The van der Waals surface area contributed by atoms with E-state index < -0.39 is 0 Å². The summed E-state index contributed by atoms with van der Waals surface area (Å²) in [6.07, 6.45) is 6.77. The highest BCUT2D eigenvalue weighted by atomic mass is 15.1. The smallest absolute Gasteiger partial charge is 0.145 e. The van der Waals surface area contributed by atoms with Gasteiger partial charge in [-0.3, -0.25) is 4.57 Å². The third kappa shape index (κ3) is 4.99. The van der Waals surface area contributed by atoms with Gasteiger partial charge < -0.3 is 0 Å². The van der Waals surface area contributed by atoms with Crippen LogP contribution in [0.4, 0.5) is 0 Å². The fourth-order valence-corrected chi connectivity index (χ4v) is 8.07. The molecule has 1 heterocycles. The van der Waals surface area contributed by atoms with Crippen LogP contribution in [0.1, 0.15) is 17.5 Å². The maximum atomic E-state index is 5.15. The third-order valence-corrected chi connectivity index (χ3v) is 10.5. The number of para-hydroxylation sites is 2. The van der Waals surface area contributed by atoms with Crippen LogP contribution in [0.15, 0.2) is 176 Å². The summed E-state index contributed by atoms with van der Waals surface area (Å²) < 4.78 is 2.30. The summed E-state index contributed by atoms with van der Waals surface area (Å²) in [5, 5.41) is 5.14. The van der Waals surface area contributed by atoms with Crippen molar-refractivity contribution in [2.45, 2.75) is 12.8 Å². The first-order valence-corrected chi connectivity index (χ1v) is 17.8. The Morgan fingerprint density at radius 1 is 0.471 bits per heavy atom. The molecule has 1 aliphatic carbocycles. The molecule has 0 radical (unpaired) electrons. The van der Waals surface area contributed by atoms with E-state index in [1.54, 1.807) is 0 Å². The van der Waals surface area contributed by atoms with Crippen LogP contribution < -0.4 is 0 Å². The van der Waals surface area contributed by atoms with Gasteiger partial charge >= 0.3 is 0 Å². The number of rotatable bonds is 5. The maximum Gasteiger partial charge on any atom is 0.145 e. The molecule has 9 aromatic rings. The van der Waals surface area contributed by atoms with Gasteiger partial charge in [-0.05, 0) is 109 Å². The van der Waals surface area contributed by atoms with Crippen LogP contribution in [0, 0.1) is 0 Å². The summed E-state index contributed by atoms with van der Waals surface area (Å²) in [4.78, 5) is 5.15. The second-order valence-electron chi connectivity index (χ2n) is 13.4. The van der Waals surface area contributed by atoms with Crippen molar-refractivity contribution < 1.29 is 0 Å². The van der Waals surface area contributed by atoms with E-state index in [0.717, 1.165) is 41.0 Å². The molecule has 51 heavy (non-hydrogen) atoms. The molecular weight excluding hydrogens is 617 g/mol. The number of imidazole rings is 1. The van der Waals surface area contributed by atoms with Gasteiger partial charge in [-0.15, -0.1) is 0 Å². The van der Waals surface area contributed by atoms with Gasteiger partial charge in [0.1, 0.15) is 5.82 Å². The number of allylic oxidation sites excluding steroid dienone is 1. The van der Waals surface area contributed by atoms with Crippen molar-refractivity contribution >= 4 is 38.7 Å². The predicted octanol–water partition coefficient (Wildman–Crippen LogP) is 13.0. The number of hydrogen-bond donors (Lipinski definition) is 0. The van der Waals surface area contributed by atoms with Gasteiger partial charge in [0.2, 0.25) is 0 Å². The van der Waals surface area contributed by atoms with Crippen LogP contribution >= 0.6 is 0 Å². The minimum absolute atomic E-state index is 0.939. The summed E-state index contributed by atoms with van der Waals surface area (Å²) in [5.41, 5.74) is 14.6. The van der Waals surface area contributed by atoms with E-state index >= 15 is 0 Å². The van der Waals surface area contributed by atoms with Crippen LogP contribution in [-0.4, -0.2) is 9.55 Å². The fraction of sp³-hybridized carbons (Fsp3) is 0.0408. The number of benzene rings is 8. The Hall–Kier alpha value is -6.51. The standard InChI is InChI=1S/C49H34N2/c1-2-12-33(13-3-1)35-22-25-37(26-23-35)49-50-45-20-10-11-21-46(45)51(49)40-30-28-36(29-31-40)47-41-16-6-8-18-43(41)48(44-19-9-7-17-42(44)47)39-27-24-34-14-4-5-15-38(34)32-39/h1-8,10-18,20-32H,9,19H2. The zero-order chi connectivity index (χ0) is 33.7. The topological polar surface area (TPSA) is 17.8 Å². The monoisotopic (exact) mass is 650 g/mol. The van der Waals surface area contributed by atoms with E-state index in [2.05, 4.69) is 187 Å². The molecule has 0 unspecified atom stereocenters. The minimum atomic E-state index is 0.939. The fourth-order valence-electron chi connectivity index (χ4n) is 8.07. The van der Waals surface area contributed by atoms with Crippen LogP contribution in [0.25, 0.3) is 89.1 Å². The first-order valence-electron chi connectivity index (χ1n) is 17.8. The lowest BCUT2D eigenvalue weighted by molar-refractivity contribution is 0.991. The highest BCUT2D eigenvalue weighted by molar-refractivity contribution is 6.10. The lowest BCUT2D eigenvalue weighted by Crippen LogP contribution is -2.03. The number of aromatic nitrogens is 2. The molecule has 0 fully saturated rings. The van der Waals surface area contributed by atoms with Crippen molar-refractivity contribution in [3.05, 3.63) is 187 Å². The molecule has 0 amide bonds.